The van der Waals surface area contributed by atoms with Gasteiger partial charge in [-0.1, -0.05) is 30.1 Å². The van der Waals surface area contributed by atoms with E-state index in [1.807, 2.05) is 24.3 Å². The van der Waals surface area contributed by atoms with Gasteiger partial charge in [-0.2, -0.15) is 4.98 Å². The van der Waals surface area contributed by atoms with Crippen molar-refractivity contribution >= 4 is 11.7 Å². The summed E-state index contributed by atoms with van der Waals surface area (Å²) < 4.78 is 10.7. The molecule has 144 valence electrons. The van der Waals surface area contributed by atoms with E-state index in [1.54, 1.807) is 13.8 Å². The Morgan fingerprint density at radius 3 is 2.52 bits per heavy atom. The smallest absolute Gasteiger partial charge is 0.258 e. The van der Waals surface area contributed by atoms with Crippen LogP contribution in [0.3, 0.4) is 0 Å². The van der Waals surface area contributed by atoms with Gasteiger partial charge >= 0.3 is 0 Å². The number of nitrogens with zero attached hydrogens (tertiary/aromatic N) is 2. The fourth-order valence-corrected chi connectivity index (χ4v) is 3.40. The van der Waals surface area contributed by atoms with Crippen molar-refractivity contribution in [2.24, 2.45) is 0 Å². The van der Waals surface area contributed by atoms with Crippen LogP contribution < -0.4 is 10.1 Å². The van der Waals surface area contributed by atoms with Crippen molar-refractivity contribution in [2.75, 3.05) is 6.61 Å². The molecular formula is C20H25N3O4. The van der Waals surface area contributed by atoms with E-state index in [0.29, 0.717) is 30.3 Å². The predicted octanol–water partition coefficient (Wildman–Crippen LogP) is 2.86. The molecule has 1 amide bonds. The Balaban J connectivity index is 1.55. The van der Waals surface area contributed by atoms with E-state index < -0.39 is 5.54 Å². The standard InChI is InChI=1S/C20H25N3O4/c1-14(24)5-6-16-7-9-17(10-8-16)26-13-18(25)22-20(11-3-4-12-20)19-21-15(2)27-23-19/h7-10H,3-6,11-13H2,1-2H3,(H,22,25). The van der Waals surface area contributed by atoms with E-state index in [2.05, 4.69) is 15.5 Å². The average molecular weight is 371 g/mol. The van der Waals surface area contributed by atoms with E-state index in [9.17, 15) is 9.59 Å². The van der Waals surface area contributed by atoms with Crippen LogP contribution in [-0.4, -0.2) is 28.4 Å². The minimum atomic E-state index is -0.561. The van der Waals surface area contributed by atoms with Crippen molar-refractivity contribution in [3.63, 3.8) is 0 Å². The van der Waals surface area contributed by atoms with Crippen molar-refractivity contribution in [3.8, 4) is 5.75 Å². The summed E-state index contributed by atoms with van der Waals surface area (Å²) in [6.45, 7) is 3.25. The summed E-state index contributed by atoms with van der Waals surface area (Å²) in [7, 11) is 0. The molecule has 1 N–H and O–H groups in total. The van der Waals surface area contributed by atoms with Crippen molar-refractivity contribution in [1.82, 2.24) is 15.5 Å². The third kappa shape index (κ3) is 4.93. The molecule has 0 radical (unpaired) electrons. The highest BCUT2D eigenvalue weighted by molar-refractivity contribution is 5.78. The zero-order chi connectivity index (χ0) is 19.3. The summed E-state index contributed by atoms with van der Waals surface area (Å²) >= 11 is 0. The lowest BCUT2D eigenvalue weighted by Gasteiger charge is -2.26. The van der Waals surface area contributed by atoms with Gasteiger partial charge in [-0.25, -0.2) is 0 Å². The zero-order valence-corrected chi connectivity index (χ0v) is 15.8. The van der Waals surface area contributed by atoms with Gasteiger partial charge in [0.1, 0.15) is 17.1 Å². The number of Topliss-reactive ketones (excluding diaryl/α,β-unsaturated/α-hetero) is 1. The van der Waals surface area contributed by atoms with Gasteiger partial charge in [0.15, 0.2) is 12.4 Å². The Hall–Kier alpha value is -2.70. The molecule has 1 aliphatic carbocycles. The molecule has 1 saturated carbocycles. The number of ketones is 1. The minimum absolute atomic E-state index is 0.0780. The van der Waals surface area contributed by atoms with Crippen LogP contribution in [0.15, 0.2) is 28.8 Å². The van der Waals surface area contributed by atoms with E-state index in [1.165, 1.54) is 0 Å². The number of aryl methyl sites for hydroxylation is 2. The third-order valence-electron chi connectivity index (χ3n) is 4.85. The van der Waals surface area contributed by atoms with Gasteiger partial charge in [-0.3, -0.25) is 4.79 Å². The largest absolute Gasteiger partial charge is 0.484 e. The normalized spacial score (nSPS) is 15.5. The molecule has 1 heterocycles. The molecule has 0 aliphatic heterocycles. The Morgan fingerprint density at radius 1 is 1.22 bits per heavy atom. The highest BCUT2D eigenvalue weighted by atomic mass is 16.5. The van der Waals surface area contributed by atoms with Gasteiger partial charge in [-0.05, 0) is 43.9 Å². The second-order valence-corrected chi connectivity index (χ2v) is 7.11. The molecule has 0 bridgehead atoms. The third-order valence-corrected chi connectivity index (χ3v) is 4.85. The van der Waals surface area contributed by atoms with Crippen LogP contribution in [0, 0.1) is 6.92 Å². The minimum Gasteiger partial charge on any atom is -0.484 e. The number of carbonyl (C=O) groups is 2. The van der Waals surface area contributed by atoms with Gasteiger partial charge < -0.3 is 19.4 Å². The summed E-state index contributed by atoms with van der Waals surface area (Å²) in [6.07, 6.45) is 4.85. The van der Waals surface area contributed by atoms with E-state index >= 15 is 0 Å². The summed E-state index contributed by atoms with van der Waals surface area (Å²) in [6, 6.07) is 7.46. The molecule has 1 aromatic carbocycles. The van der Waals surface area contributed by atoms with Crippen molar-refractivity contribution in [2.45, 2.75) is 57.9 Å². The molecule has 0 atom stereocenters. The topological polar surface area (TPSA) is 94.3 Å². The summed E-state index contributed by atoms with van der Waals surface area (Å²) in [5.41, 5.74) is 0.508. The predicted molar refractivity (Wildman–Crippen MR) is 98.3 cm³/mol. The van der Waals surface area contributed by atoms with Crippen molar-refractivity contribution in [3.05, 3.63) is 41.5 Å². The van der Waals surface area contributed by atoms with Crippen molar-refractivity contribution < 1.29 is 18.8 Å². The lowest BCUT2D eigenvalue weighted by molar-refractivity contribution is -0.125. The number of carbonyl (C=O) groups excluding carboxylic acids is 2. The van der Waals surface area contributed by atoms with Crippen molar-refractivity contribution in [1.29, 1.82) is 0 Å². The monoisotopic (exact) mass is 371 g/mol. The van der Waals surface area contributed by atoms with E-state index in [0.717, 1.165) is 31.2 Å². The van der Waals surface area contributed by atoms with E-state index in [-0.39, 0.29) is 18.3 Å². The highest BCUT2D eigenvalue weighted by Gasteiger charge is 2.41. The Morgan fingerprint density at radius 2 is 1.93 bits per heavy atom. The molecule has 7 heteroatoms. The molecule has 27 heavy (non-hydrogen) atoms. The first-order chi connectivity index (χ1) is 13.0. The number of rotatable bonds is 8. The maximum absolute atomic E-state index is 12.4. The van der Waals surface area contributed by atoms with Crippen LogP contribution in [-0.2, 0) is 21.5 Å². The molecule has 0 unspecified atom stereocenters. The van der Waals surface area contributed by atoms with Gasteiger partial charge in [0.05, 0.1) is 0 Å². The van der Waals surface area contributed by atoms with Crippen LogP contribution >= 0.6 is 0 Å². The number of hydrogen-bond donors (Lipinski definition) is 1. The van der Waals surface area contributed by atoms with Crippen LogP contribution in [0.2, 0.25) is 0 Å². The van der Waals surface area contributed by atoms with Crippen LogP contribution in [0.5, 0.6) is 5.75 Å². The number of nitrogens with one attached hydrogen (secondary N) is 1. The van der Waals surface area contributed by atoms with Gasteiger partial charge in [0.25, 0.3) is 5.91 Å². The lowest BCUT2D eigenvalue weighted by Crippen LogP contribution is -2.46. The first-order valence-electron chi connectivity index (χ1n) is 9.30. The maximum atomic E-state index is 12.4. The second kappa shape index (κ2) is 8.33. The number of benzene rings is 1. The molecule has 1 aromatic heterocycles. The molecule has 0 saturated heterocycles. The molecule has 1 fully saturated rings. The fourth-order valence-electron chi connectivity index (χ4n) is 3.40. The van der Waals surface area contributed by atoms with Gasteiger partial charge in [-0.15, -0.1) is 0 Å². The molecule has 3 rings (SSSR count). The van der Waals surface area contributed by atoms with Crippen LogP contribution in [0.4, 0.5) is 0 Å². The number of amides is 1. The van der Waals surface area contributed by atoms with E-state index in [4.69, 9.17) is 9.26 Å². The Kier molecular flexibility index (Phi) is 5.88. The molecule has 0 spiro atoms. The molecule has 1 aliphatic rings. The van der Waals surface area contributed by atoms with Crippen LogP contribution in [0.1, 0.15) is 56.3 Å². The lowest BCUT2D eigenvalue weighted by atomic mass is 9.96. The quantitative estimate of drug-likeness (QED) is 0.767. The van der Waals surface area contributed by atoms with Crippen LogP contribution in [0.25, 0.3) is 0 Å². The molecular weight excluding hydrogens is 346 g/mol. The Labute approximate surface area is 158 Å². The number of aromatic nitrogens is 2. The Bertz CT molecular complexity index is 792. The fraction of sp³-hybridized carbons (Fsp3) is 0.500. The molecule has 2 aromatic rings. The second-order valence-electron chi connectivity index (χ2n) is 7.11. The highest BCUT2D eigenvalue weighted by Crippen LogP contribution is 2.37. The SMILES string of the molecule is CC(=O)CCc1ccc(OCC(=O)NC2(c3noc(C)n3)CCCC2)cc1. The zero-order valence-electron chi connectivity index (χ0n) is 15.8. The maximum Gasteiger partial charge on any atom is 0.258 e. The molecule has 7 nitrogen and oxygen atoms in total. The number of hydrogen-bond acceptors (Lipinski definition) is 6. The van der Waals surface area contributed by atoms with Gasteiger partial charge in [0, 0.05) is 13.3 Å². The summed E-state index contributed by atoms with van der Waals surface area (Å²) in [5.74, 6) is 1.62. The summed E-state index contributed by atoms with van der Waals surface area (Å²) in [5, 5.41) is 7.07. The first-order valence-corrected chi connectivity index (χ1v) is 9.30. The van der Waals surface area contributed by atoms with Gasteiger partial charge in [0.2, 0.25) is 5.89 Å². The number of ether oxygens (including phenoxy) is 1. The summed E-state index contributed by atoms with van der Waals surface area (Å²) in [4.78, 5) is 27.8. The first kappa shape index (κ1) is 19.1. The average Bonchev–Trinajstić information content (AvgIpc) is 3.29.